The highest BCUT2D eigenvalue weighted by molar-refractivity contribution is 5.97. The number of nitrogens with one attached hydrogen (secondary N) is 1. The molecule has 3 rings (SSSR count). The lowest BCUT2D eigenvalue weighted by molar-refractivity contribution is 0.0599. The predicted molar refractivity (Wildman–Crippen MR) is 129 cm³/mol. The van der Waals surface area contributed by atoms with E-state index in [2.05, 4.69) is 5.32 Å². The number of carbonyl (C=O) groups excluding carboxylic acids is 2. The molecule has 0 unspecified atom stereocenters. The maximum absolute atomic E-state index is 12.0. The number of esters is 2. The quantitative estimate of drug-likeness (QED) is 0.333. The van der Waals surface area contributed by atoms with Gasteiger partial charge in [-0.05, 0) is 61.0 Å². The van der Waals surface area contributed by atoms with E-state index in [0.717, 1.165) is 24.3 Å². The Hall–Kier alpha value is -3.49. The molecule has 0 spiro atoms. The van der Waals surface area contributed by atoms with E-state index >= 15 is 0 Å². The topological polar surface area (TPSA) is 96.2 Å². The van der Waals surface area contributed by atoms with Crippen LogP contribution in [0.15, 0.2) is 52.9 Å². The fraction of sp³-hybridized carbons (Fsp3) is 0.280. The molecule has 0 bridgehead atoms. The van der Waals surface area contributed by atoms with Gasteiger partial charge < -0.3 is 28.7 Å². The summed E-state index contributed by atoms with van der Waals surface area (Å²) in [6, 6.07) is 14.2. The minimum Gasteiger partial charge on any atom is -0.493 e. The Morgan fingerprint density at radius 3 is 2.06 bits per heavy atom. The molecule has 1 aromatic heterocycles. The Bertz CT molecular complexity index is 1090. The fourth-order valence-corrected chi connectivity index (χ4v) is 3.35. The van der Waals surface area contributed by atoms with Crippen LogP contribution < -0.4 is 14.8 Å². The molecule has 9 heteroatoms. The van der Waals surface area contributed by atoms with Crippen LogP contribution in [0.2, 0.25) is 0 Å². The summed E-state index contributed by atoms with van der Waals surface area (Å²) in [6.07, 6.45) is 0.803. The Labute approximate surface area is 204 Å². The zero-order valence-electron chi connectivity index (χ0n) is 19.5. The van der Waals surface area contributed by atoms with E-state index in [1.807, 2.05) is 24.3 Å². The molecule has 0 saturated heterocycles. The van der Waals surface area contributed by atoms with Crippen molar-refractivity contribution in [2.24, 2.45) is 0 Å². The maximum atomic E-state index is 12.0. The van der Waals surface area contributed by atoms with Gasteiger partial charge in [0.25, 0.3) is 0 Å². The van der Waals surface area contributed by atoms with Gasteiger partial charge in [0.2, 0.25) is 0 Å². The van der Waals surface area contributed by atoms with Crippen molar-refractivity contribution in [3.8, 4) is 22.8 Å². The predicted octanol–water partition coefficient (Wildman–Crippen LogP) is 4.29. The van der Waals surface area contributed by atoms with E-state index in [-0.39, 0.29) is 23.5 Å². The van der Waals surface area contributed by atoms with Crippen LogP contribution in [-0.2, 0) is 22.4 Å². The van der Waals surface area contributed by atoms with Crippen molar-refractivity contribution in [1.29, 1.82) is 0 Å². The fourth-order valence-electron chi connectivity index (χ4n) is 3.35. The normalized spacial score (nSPS) is 10.2. The second-order valence-electron chi connectivity index (χ2n) is 7.16. The van der Waals surface area contributed by atoms with Gasteiger partial charge in [-0.15, -0.1) is 12.4 Å². The Morgan fingerprint density at radius 1 is 0.824 bits per heavy atom. The van der Waals surface area contributed by atoms with Crippen molar-refractivity contribution in [2.45, 2.75) is 13.0 Å². The molecule has 0 radical (unpaired) electrons. The molecule has 8 nitrogen and oxygen atoms in total. The van der Waals surface area contributed by atoms with Gasteiger partial charge in [-0.3, -0.25) is 0 Å². The second-order valence-corrected chi connectivity index (χ2v) is 7.16. The third-order valence-electron chi connectivity index (χ3n) is 5.06. The van der Waals surface area contributed by atoms with Gasteiger partial charge in [-0.1, -0.05) is 6.07 Å². The maximum Gasteiger partial charge on any atom is 0.337 e. The number of rotatable bonds is 10. The molecule has 3 aromatic rings. The lowest BCUT2D eigenvalue weighted by Crippen LogP contribution is -2.16. The van der Waals surface area contributed by atoms with Crippen LogP contribution in [0.4, 0.5) is 0 Å². The monoisotopic (exact) mass is 489 g/mol. The van der Waals surface area contributed by atoms with E-state index in [1.54, 1.807) is 32.4 Å². The van der Waals surface area contributed by atoms with Crippen molar-refractivity contribution in [3.05, 3.63) is 71.0 Å². The minimum atomic E-state index is -0.550. The van der Waals surface area contributed by atoms with Crippen LogP contribution in [0.1, 0.15) is 32.0 Å². The first-order valence-corrected chi connectivity index (χ1v) is 10.3. The highest BCUT2D eigenvalue weighted by Crippen LogP contribution is 2.28. The van der Waals surface area contributed by atoms with Gasteiger partial charge in [0.15, 0.2) is 11.5 Å². The smallest absolute Gasteiger partial charge is 0.337 e. The summed E-state index contributed by atoms with van der Waals surface area (Å²) in [5.74, 6) is 1.55. The molecule has 0 fully saturated rings. The van der Waals surface area contributed by atoms with Crippen molar-refractivity contribution < 1.29 is 33.0 Å². The van der Waals surface area contributed by atoms with Crippen molar-refractivity contribution in [3.63, 3.8) is 0 Å². The first-order valence-electron chi connectivity index (χ1n) is 10.3. The SMILES string of the molecule is COC(=O)c1cc(C(=O)OC)cc(-c2ccc(CNCCc3ccc(OC)c(OC)c3)o2)c1.Cl. The van der Waals surface area contributed by atoms with E-state index in [0.29, 0.717) is 29.4 Å². The molecule has 0 aliphatic heterocycles. The molecule has 0 saturated carbocycles. The third kappa shape index (κ3) is 6.52. The van der Waals surface area contributed by atoms with Gasteiger partial charge in [0.1, 0.15) is 11.5 Å². The van der Waals surface area contributed by atoms with Crippen LogP contribution in [0.3, 0.4) is 0 Å². The van der Waals surface area contributed by atoms with Crippen molar-refractivity contribution in [1.82, 2.24) is 5.32 Å². The molecule has 0 atom stereocenters. The van der Waals surface area contributed by atoms with Crippen molar-refractivity contribution >= 4 is 24.3 Å². The van der Waals surface area contributed by atoms with Crippen LogP contribution >= 0.6 is 12.4 Å². The molecule has 0 aliphatic rings. The van der Waals surface area contributed by atoms with E-state index in [4.69, 9.17) is 23.4 Å². The third-order valence-corrected chi connectivity index (χ3v) is 5.06. The van der Waals surface area contributed by atoms with Crippen LogP contribution in [0, 0.1) is 0 Å². The Balaban J connectivity index is 0.00000408. The van der Waals surface area contributed by atoms with Crippen LogP contribution in [0.25, 0.3) is 11.3 Å². The molecule has 182 valence electrons. The number of hydrogen-bond donors (Lipinski definition) is 1. The van der Waals surface area contributed by atoms with Gasteiger partial charge >= 0.3 is 11.9 Å². The summed E-state index contributed by atoms with van der Waals surface area (Å²) < 4.78 is 26.1. The second kappa shape index (κ2) is 12.7. The Morgan fingerprint density at radius 2 is 1.47 bits per heavy atom. The molecule has 0 amide bonds. The summed E-state index contributed by atoms with van der Waals surface area (Å²) in [7, 11) is 5.79. The van der Waals surface area contributed by atoms with Crippen molar-refractivity contribution in [2.75, 3.05) is 35.0 Å². The molecule has 2 aromatic carbocycles. The van der Waals surface area contributed by atoms with Gasteiger partial charge in [0, 0.05) is 5.56 Å². The van der Waals surface area contributed by atoms with E-state index < -0.39 is 11.9 Å². The molecule has 1 N–H and O–H groups in total. The number of ether oxygens (including phenoxy) is 4. The number of furan rings is 1. The van der Waals surface area contributed by atoms with E-state index in [1.165, 1.54) is 20.3 Å². The Kier molecular flexibility index (Phi) is 9.97. The molecule has 0 aliphatic carbocycles. The average molecular weight is 490 g/mol. The largest absolute Gasteiger partial charge is 0.493 e. The van der Waals surface area contributed by atoms with Gasteiger partial charge in [0.05, 0.1) is 46.1 Å². The first-order chi connectivity index (χ1) is 16.0. The minimum absolute atomic E-state index is 0. The molecular formula is C25H28ClNO7. The average Bonchev–Trinajstić information content (AvgIpc) is 3.34. The number of carbonyl (C=O) groups is 2. The van der Waals surface area contributed by atoms with Crippen LogP contribution in [0.5, 0.6) is 11.5 Å². The molecule has 34 heavy (non-hydrogen) atoms. The van der Waals surface area contributed by atoms with E-state index in [9.17, 15) is 9.59 Å². The molecule has 1 heterocycles. The highest BCUT2D eigenvalue weighted by Gasteiger charge is 2.16. The zero-order valence-corrected chi connectivity index (χ0v) is 20.3. The standard InChI is InChI=1S/C25H27NO7.ClH/c1-29-22-7-5-16(11-23(22)30-2)9-10-26-15-20-6-8-21(33-20)17-12-18(24(27)31-3)14-19(13-17)25(28)32-4;/h5-8,11-14,26H,9-10,15H2,1-4H3;1H. The van der Waals surface area contributed by atoms with Gasteiger partial charge in [-0.2, -0.15) is 0 Å². The molecular weight excluding hydrogens is 462 g/mol. The number of hydrogen-bond acceptors (Lipinski definition) is 8. The number of benzene rings is 2. The zero-order chi connectivity index (χ0) is 23.8. The number of halogens is 1. The van der Waals surface area contributed by atoms with Crippen LogP contribution in [-0.4, -0.2) is 46.9 Å². The summed E-state index contributed by atoms with van der Waals surface area (Å²) in [5.41, 5.74) is 2.17. The lowest BCUT2D eigenvalue weighted by Gasteiger charge is -2.10. The number of methoxy groups -OCH3 is 4. The first kappa shape index (κ1) is 26.8. The van der Waals surface area contributed by atoms with Gasteiger partial charge in [-0.25, -0.2) is 9.59 Å². The summed E-state index contributed by atoms with van der Waals surface area (Å²) in [6.45, 7) is 1.25. The lowest BCUT2D eigenvalue weighted by atomic mass is 10.0. The summed E-state index contributed by atoms with van der Waals surface area (Å²) >= 11 is 0. The summed E-state index contributed by atoms with van der Waals surface area (Å²) in [5, 5.41) is 3.34. The highest BCUT2D eigenvalue weighted by atomic mass is 35.5. The summed E-state index contributed by atoms with van der Waals surface area (Å²) in [4.78, 5) is 24.0.